The third-order valence-corrected chi connectivity index (χ3v) is 17.8. The highest BCUT2D eigenvalue weighted by molar-refractivity contribution is 7.18. The number of nitrogens with one attached hydrogen (secondary N) is 1. The van der Waals surface area contributed by atoms with E-state index in [2.05, 4.69) is 27.2 Å². The fraction of sp³-hybridized carbons (Fsp3) is 0.559. The minimum Gasteiger partial charge on any atom is -0.377 e. The van der Waals surface area contributed by atoms with E-state index in [0.29, 0.717) is 81.0 Å². The number of anilines is 1. The molecule has 8 rings (SSSR count). The fourth-order valence-electron chi connectivity index (χ4n) is 11.6. The Kier molecular flexibility index (Phi) is 19.7. The van der Waals surface area contributed by atoms with Crippen LogP contribution < -0.4 is 5.32 Å². The van der Waals surface area contributed by atoms with Crippen LogP contribution in [-0.2, 0) is 48.9 Å². The van der Waals surface area contributed by atoms with Gasteiger partial charge in [-0.1, -0.05) is 49.2 Å². The Morgan fingerprint density at radius 3 is 2.10 bits per heavy atom. The first-order valence-corrected chi connectivity index (χ1v) is 28.6. The first kappa shape index (κ1) is 60.5. The van der Waals surface area contributed by atoms with Crippen molar-refractivity contribution in [1.29, 1.82) is 0 Å². The van der Waals surface area contributed by atoms with Gasteiger partial charge in [-0.25, -0.2) is 4.39 Å². The van der Waals surface area contributed by atoms with E-state index < -0.39 is 58.5 Å². The number of nitrogens with zero attached hydrogens (tertiary/aromatic N) is 6. The molecule has 0 bridgehead atoms. The number of carbonyl (C=O) groups is 4. The number of carbonyl (C=O) groups excluding carboxylic acids is 4. The van der Waals surface area contributed by atoms with Gasteiger partial charge in [0, 0.05) is 77.8 Å². The van der Waals surface area contributed by atoms with Crippen LogP contribution in [-0.4, -0.2) is 166 Å². The zero-order valence-corrected chi connectivity index (χ0v) is 47.0. The number of thiophene rings is 1. The molecule has 3 saturated heterocycles. The average molecular weight is 1140 g/mol. The first-order chi connectivity index (χ1) is 38.0. The third-order valence-electron chi connectivity index (χ3n) is 16.6. The molecule has 80 heavy (non-hydrogen) atoms. The Morgan fingerprint density at radius 2 is 1.41 bits per heavy atom. The van der Waals surface area contributed by atoms with Gasteiger partial charge in [0.05, 0.1) is 33.7 Å². The molecule has 4 aromatic rings. The van der Waals surface area contributed by atoms with Crippen LogP contribution in [0.25, 0.3) is 0 Å². The van der Waals surface area contributed by atoms with Crippen molar-refractivity contribution in [3.05, 3.63) is 122 Å². The monoisotopic (exact) mass is 1140 g/mol. The number of alkyl halides is 6. The number of hydrogen-bond acceptors (Lipinski definition) is 10. The van der Waals surface area contributed by atoms with Gasteiger partial charge in [0.2, 0.25) is 11.8 Å². The summed E-state index contributed by atoms with van der Waals surface area (Å²) in [5.74, 6) is -1.76. The van der Waals surface area contributed by atoms with E-state index in [4.69, 9.17) is 9.47 Å². The fourth-order valence-corrected chi connectivity index (χ4v) is 12.7. The molecule has 0 saturated carbocycles. The van der Waals surface area contributed by atoms with Gasteiger partial charge in [0.15, 0.2) is 0 Å². The number of ether oxygens (including phenoxy) is 2. The molecule has 1 spiro atoms. The number of hydrogen-bond donors (Lipinski definition) is 1. The van der Waals surface area contributed by atoms with Crippen LogP contribution in [0.2, 0.25) is 0 Å². The Hall–Kier alpha value is -5.61. The summed E-state index contributed by atoms with van der Waals surface area (Å²) in [6.45, 7) is 8.06. The number of aryl methyl sites for hydroxylation is 1. The molecular formula is C59H74F7N7O6S. The minimum atomic E-state index is -5.14. The Labute approximate surface area is 468 Å². The molecule has 0 unspecified atom stereocenters. The van der Waals surface area contributed by atoms with E-state index in [-0.39, 0.29) is 49.5 Å². The summed E-state index contributed by atoms with van der Waals surface area (Å²) in [5.41, 5.74) is -1.98. The maximum Gasteiger partial charge on any atom is 0.416 e. The van der Waals surface area contributed by atoms with E-state index >= 15 is 0 Å². The van der Waals surface area contributed by atoms with E-state index in [9.17, 15) is 49.9 Å². The number of likely N-dealkylation sites (tertiary alicyclic amines) is 2. The van der Waals surface area contributed by atoms with E-state index in [1.807, 2.05) is 37.1 Å². The van der Waals surface area contributed by atoms with Crippen LogP contribution in [0.15, 0.2) is 72.8 Å². The highest BCUT2D eigenvalue weighted by Gasteiger charge is 2.50. The lowest BCUT2D eigenvalue weighted by atomic mass is 9.72. The second-order valence-electron chi connectivity index (χ2n) is 22.1. The van der Waals surface area contributed by atoms with Crippen molar-refractivity contribution in [3.8, 4) is 0 Å². The van der Waals surface area contributed by atoms with E-state index in [1.54, 1.807) is 23.9 Å². The van der Waals surface area contributed by atoms with E-state index in [1.165, 1.54) is 54.9 Å². The molecular weight excluding hydrogens is 1070 g/mol. The summed E-state index contributed by atoms with van der Waals surface area (Å²) in [4.78, 5) is 65.1. The molecule has 4 aliphatic rings. The quantitative estimate of drug-likeness (QED) is 0.0606. The van der Waals surface area contributed by atoms with Gasteiger partial charge < -0.3 is 44.2 Å². The molecule has 4 heterocycles. The van der Waals surface area contributed by atoms with Gasteiger partial charge in [-0.3, -0.25) is 19.2 Å². The molecule has 21 heteroatoms. The second-order valence-corrected chi connectivity index (χ2v) is 23.2. The Balaban J connectivity index is 0.802. The lowest BCUT2D eigenvalue weighted by molar-refractivity contribution is -0.143. The molecule has 3 fully saturated rings. The lowest BCUT2D eigenvalue weighted by Crippen LogP contribution is -2.50. The van der Waals surface area contributed by atoms with Crippen LogP contribution in [0.1, 0.15) is 118 Å². The Bertz CT molecular complexity index is 2750. The zero-order chi connectivity index (χ0) is 57.4. The molecule has 4 amide bonds. The minimum absolute atomic E-state index is 0.0264. The largest absolute Gasteiger partial charge is 0.416 e. The summed E-state index contributed by atoms with van der Waals surface area (Å²) in [7, 11) is 5.32. The van der Waals surface area contributed by atoms with Gasteiger partial charge in [-0.2, -0.15) is 26.3 Å². The van der Waals surface area contributed by atoms with Gasteiger partial charge in [-0.05, 0) is 143 Å². The normalized spacial score (nSPS) is 19.5. The van der Waals surface area contributed by atoms with Crippen LogP contribution >= 0.6 is 11.3 Å². The molecule has 2 atom stereocenters. The number of benzene rings is 3. The van der Waals surface area contributed by atoms with Gasteiger partial charge in [0.1, 0.15) is 24.8 Å². The van der Waals surface area contributed by atoms with Gasteiger partial charge >= 0.3 is 12.4 Å². The summed E-state index contributed by atoms with van der Waals surface area (Å²) >= 11 is 1.41. The van der Waals surface area contributed by atoms with Crippen LogP contribution in [0.3, 0.4) is 0 Å². The maximum absolute atomic E-state index is 14.2. The standard InChI is InChI=1S/C59H74F7N7O6S/c1-41-33-50(67-23-10-5-7-15-51(74)68(2)31-32-71-24-11-6-12-25-71)80-53(41)55(77)70(4)30-29-69(3)52(75)38-78-49-36-42-13-8-9-14-48(42)56(49)20-26-72(27-21-56)28-22-57(44-16-18-47(60)19-17-44)39-73(40-79-57)54(76)43-34-45(58(61,62)63)37-46(35-43)59(64,65)66/h8-9,13-14,16-19,33-35,37,49,67H,5-7,10-12,15,20-32,36,38-40H2,1-4H3/t49-,57-/m0/s1. The molecule has 3 aliphatic heterocycles. The zero-order valence-electron chi connectivity index (χ0n) is 46.2. The highest BCUT2D eigenvalue weighted by Crippen LogP contribution is 2.48. The number of likely N-dealkylation sites (N-methyl/N-ethyl adjacent to an activating group) is 3. The van der Waals surface area contributed by atoms with Crippen LogP contribution in [0.4, 0.5) is 35.7 Å². The summed E-state index contributed by atoms with van der Waals surface area (Å²) in [5, 5.41) is 4.35. The summed E-state index contributed by atoms with van der Waals surface area (Å²) in [6, 6.07) is 16.4. The smallest absolute Gasteiger partial charge is 0.377 e. The maximum atomic E-state index is 14.2. The molecule has 1 aromatic heterocycles. The van der Waals surface area contributed by atoms with Crippen molar-refractivity contribution in [3.63, 3.8) is 0 Å². The number of rotatable bonds is 22. The Morgan fingerprint density at radius 1 is 0.762 bits per heavy atom. The SMILES string of the molecule is Cc1cc(NCCCCCC(=O)N(C)CCN2CCCCC2)sc1C(=O)N(C)CCN(C)C(=O)CO[C@H]1Cc2ccccc2C12CCN(CC[C@@]1(c3ccc(F)cc3)CN(C(=O)c3cc(C(F)(F)F)cc(C(F)(F)F)c3)CO1)CC2. The molecule has 436 valence electrons. The van der Waals surface area contributed by atoms with Crippen molar-refractivity contribution in [2.75, 3.05) is 112 Å². The predicted octanol–water partition coefficient (Wildman–Crippen LogP) is 10.1. The summed E-state index contributed by atoms with van der Waals surface area (Å²) < 4.78 is 109. The molecule has 13 nitrogen and oxygen atoms in total. The predicted molar refractivity (Wildman–Crippen MR) is 292 cm³/mol. The number of piperidine rings is 2. The molecule has 1 N–H and O–H groups in total. The molecule has 3 aromatic carbocycles. The summed E-state index contributed by atoms with van der Waals surface area (Å²) in [6.07, 6.45) is -1.39. The number of unbranched alkanes of at least 4 members (excludes halogenated alkanes) is 2. The lowest BCUT2D eigenvalue weighted by Gasteiger charge is -2.44. The number of halogens is 7. The highest BCUT2D eigenvalue weighted by atomic mass is 32.1. The van der Waals surface area contributed by atoms with Crippen molar-refractivity contribution in [2.24, 2.45) is 0 Å². The van der Waals surface area contributed by atoms with E-state index in [0.717, 1.165) is 78.6 Å². The van der Waals surface area contributed by atoms with Crippen molar-refractivity contribution < 1.29 is 59.4 Å². The van der Waals surface area contributed by atoms with Gasteiger partial charge in [-0.15, -0.1) is 11.3 Å². The van der Waals surface area contributed by atoms with Crippen LogP contribution in [0.5, 0.6) is 0 Å². The van der Waals surface area contributed by atoms with Crippen LogP contribution in [0, 0.1) is 12.7 Å². The molecule has 0 radical (unpaired) electrons. The number of amides is 4. The van der Waals surface area contributed by atoms with Crippen molar-refractivity contribution in [2.45, 2.75) is 107 Å². The second kappa shape index (κ2) is 26.1. The van der Waals surface area contributed by atoms with Crippen molar-refractivity contribution >= 4 is 40.0 Å². The number of fused-ring (bicyclic) bond motifs is 2. The average Bonchev–Trinajstić information content (AvgIpc) is 4.35. The topological polar surface area (TPSA) is 118 Å². The van der Waals surface area contributed by atoms with Gasteiger partial charge in [0.25, 0.3) is 11.8 Å². The molecule has 1 aliphatic carbocycles. The first-order valence-electron chi connectivity index (χ1n) is 27.8. The van der Waals surface area contributed by atoms with Crippen molar-refractivity contribution in [1.82, 2.24) is 29.4 Å². The third kappa shape index (κ3) is 14.7.